The van der Waals surface area contributed by atoms with Gasteiger partial charge in [0.25, 0.3) is 0 Å². The molecule has 1 fully saturated rings. The summed E-state index contributed by atoms with van der Waals surface area (Å²) in [4.78, 5) is 9.62. The maximum absolute atomic E-state index is 11.0. The highest BCUT2D eigenvalue weighted by atomic mass is 16.3. The molecular formula is C31H44N4O. The standard InChI is InChI=1S/C31H44N4O/c1-4-5-6-7-10-29(36)26-21-25-9-8-14-35-24(3)27(28(22-26)31(25)35)12-15-33-16-18-34(19-17-33)30-20-23(2)11-13-32-30/h11,13,20-22,29,36H,4-10,12,14-19H2,1-3H3. The largest absolute Gasteiger partial charge is 0.388 e. The molecular weight excluding hydrogens is 444 g/mol. The summed E-state index contributed by atoms with van der Waals surface area (Å²) in [5.41, 5.74) is 8.21. The van der Waals surface area contributed by atoms with Crippen LogP contribution in [0, 0.1) is 13.8 Å². The minimum Gasteiger partial charge on any atom is -0.388 e. The van der Waals surface area contributed by atoms with Gasteiger partial charge in [0.2, 0.25) is 0 Å². The molecule has 2 aliphatic heterocycles. The van der Waals surface area contributed by atoms with Crippen LogP contribution in [0.1, 0.15) is 79.5 Å². The van der Waals surface area contributed by atoms with Crippen LogP contribution in [-0.2, 0) is 19.4 Å². The van der Waals surface area contributed by atoms with Crippen molar-refractivity contribution in [1.29, 1.82) is 0 Å². The van der Waals surface area contributed by atoms with E-state index >= 15 is 0 Å². The molecule has 0 aliphatic carbocycles. The van der Waals surface area contributed by atoms with Gasteiger partial charge in [0, 0.05) is 56.5 Å². The van der Waals surface area contributed by atoms with E-state index < -0.39 is 0 Å². The molecule has 5 heteroatoms. The number of aliphatic hydroxyl groups is 1. The van der Waals surface area contributed by atoms with Gasteiger partial charge in [-0.3, -0.25) is 4.90 Å². The van der Waals surface area contributed by atoms with Crippen molar-refractivity contribution in [2.75, 3.05) is 37.6 Å². The fourth-order valence-electron chi connectivity index (χ4n) is 6.29. The number of hydrogen-bond acceptors (Lipinski definition) is 4. The third-order valence-corrected chi connectivity index (χ3v) is 8.47. The van der Waals surface area contributed by atoms with Gasteiger partial charge in [0.05, 0.1) is 11.6 Å². The van der Waals surface area contributed by atoms with E-state index in [9.17, 15) is 5.11 Å². The van der Waals surface area contributed by atoms with Gasteiger partial charge in [0.15, 0.2) is 0 Å². The number of aromatic nitrogens is 2. The van der Waals surface area contributed by atoms with Crippen molar-refractivity contribution in [1.82, 2.24) is 14.5 Å². The first-order valence-corrected chi connectivity index (χ1v) is 14.3. The molecule has 1 aromatic carbocycles. The Hall–Kier alpha value is -2.37. The summed E-state index contributed by atoms with van der Waals surface area (Å²) in [6.45, 7) is 13.1. The Labute approximate surface area is 217 Å². The van der Waals surface area contributed by atoms with Crippen LogP contribution in [0.3, 0.4) is 0 Å². The first-order chi connectivity index (χ1) is 17.5. The molecule has 1 N–H and O–H groups in total. The van der Waals surface area contributed by atoms with Crippen LogP contribution < -0.4 is 4.90 Å². The van der Waals surface area contributed by atoms with E-state index in [4.69, 9.17) is 0 Å². The van der Waals surface area contributed by atoms with Gasteiger partial charge in [-0.2, -0.15) is 0 Å². The van der Waals surface area contributed by atoms with E-state index in [1.165, 1.54) is 59.0 Å². The first-order valence-electron chi connectivity index (χ1n) is 14.3. The van der Waals surface area contributed by atoms with E-state index in [-0.39, 0.29) is 6.10 Å². The number of rotatable bonds is 10. The Kier molecular flexibility index (Phi) is 7.97. The van der Waals surface area contributed by atoms with E-state index in [1.807, 2.05) is 6.20 Å². The third-order valence-electron chi connectivity index (χ3n) is 8.47. The molecule has 2 aliphatic rings. The monoisotopic (exact) mass is 488 g/mol. The lowest BCUT2D eigenvalue weighted by molar-refractivity contribution is 0.163. The average molecular weight is 489 g/mol. The molecule has 4 heterocycles. The maximum atomic E-state index is 11.0. The Morgan fingerprint density at radius 1 is 1.00 bits per heavy atom. The average Bonchev–Trinajstić information content (AvgIpc) is 3.17. The van der Waals surface area contributed by atoms with Gasteiger partial charge in [-0.1, -0.05) is 38.7 Å². The van der Waals surface area contributed by atoms with Crippen LogP contribution in [0.15, 0.2) is 30.5 Å². The maximum Gasteiger partial charge on any atom is 0.128 e. The molecule has 1 unspecified atom stereocenters. The summed E-state index contributed by atoms with van der Waals surface area (Å²) in [6, 6.07) is 8.90. The highest BCUT2D eigenvalue weighted by Gasteiger charge is 2.24. The van der Waals surface area contributed by atoms with Crippen LogP contribution in [0.2, 0.25) is 0 Å². The number of nitrogens with zero attached hydrogens (tertiary/aromatic N) is 4. The first kappa shape index (κ1) is 25.3. The van der Waals surface area contributed by atoms with E-state index in [0.29, 0.717) is 0 Å². The molecule has 36 heavy (non-hydrogen) atoms. The van der Waals surface area contributed by atoms with Crippen LogP contribution in [0.25, 0.3) is 10.9 Å². The topological polar surface area (TPSA) is 44.5 Å². The summed E-state index contributed by atoms with van der Waals surface area (Å²) in [7, 11) is 0. The molecule has 2 aromatic heterocycles. The minimum absolute atomic E-state index is 0.343. The van der Waals surface area contributed by atoms with Crippen molar-refractivity contribution in [2.45, 2.75) is 84.8 Å². The van der Waals surface area contributed by atoms with Crippen molar-refractivity contribution in [2.24, 2.45) is 0 Å². The SMILES string of the molecule is CCCCCCC(O)c1cc2c3c(c1)c(CCN1CCN(c4cc(C)ccn4)CC1)c(C)n3CCC2. The molecule has 3 aromatic rings. The quantitative estimate of drug-likeness (QED) is 0.357. The zero-order chi connectivity index (χ0) is 25.1. The second kappa shape index (κ2) is 11.4. The fraction of sp³-hybridized carbons (Fsp3) is 0.581. The lowest BCUT2D eigenvalue weighted by atomic mass is 9.94. The molecule has 1 saturated heterocycles. The predicted octanol–water partition coefficient (Wildman–Crippen LogP) is 5.97. The van der Waals surface area contributed by atoms with Gasteiger partial charge in [-0.05, 0) is 80.0 Å². The van der Waals surface area contributed by atoms with Crippen molar-refractivity contribution >= 4 is 16.7 Å². The summed E-state index contributed by atoms with van der Waals surface area (Å²) in [5.74, 6) is 1.11. The Morgan fingerprint density at radius 2 is 1.83 bits per heavy atom. The van der Waals surface area contributed by atoms with Gasteiger partial charge < -0.3 is 14.6 Å². The van der Waals surface area contributed by atoms with E-state index in [1.54, 1.807) is 0 Å². The number of unbranched alkanes of at least 4 members (excludes halogenated alkanes) is 3. The van der Waals surface area contributed by atoms with Gasteiger partial charge in [0.1, 0.15) is 5.82 Å². The lowest BCUT2D eigenvalue weighted by Crippen LogP contribution is -2.47. The van der Waals surface area contributed by atoms with Crippen molar-refractivity contribution < 1.29 is 5.11 Å². The Bertz CT molecular complexity index is 1180. The molecule has 0 bridgehead atoms. The summed E-state index contributed by atoms with van der Waals surface area (Å²) < 4.78 is 2.56. The van der Waals surface area contributed by atoms with Crippen LogP contribution in [0.5, 0.6) is 0 Å². The summed E-state index contributed by atoms with van der Waals surface area (Å²) >= 11 is 0. The smallest absolute Gasteiger partial charge is 0.128 e. The predicted molar refractivity (Wildman–Crippen MR) is 150 cm³/mol. The fourth-order valence-corrected chi connectivity index (χ4v) is 6.29. The van der Waals surface area contributed by atoms with Gasteiger partial charge >= 0.3 is 0 Å². The number of pyridine rings is 1. The number of aliphatic hydroxyl groups excluding tert-OH is 1. The number of piperazine rings is 1. The molecule has 5 nitrogen and oxygen atoms in total. The highest BCUT2D eigenvalue weighted by molar-refractivity contribution is 5.89. The van der Waals surface area contributed by atoms with E-state index in [0.717, 1.165) is 76.3 Å². The summed E-state index contributed by atoms with van der Waals surface area (Å²) in [6.07, 6.45) is 10.7. The van der Waals surface area contributed by atoms with Crippen molar-refractivity contribution in [3.8, 4) is 0 Å². The molecule has 0 spiro atoms. The van der Waals surface area contributed by atoms with Crippen LogP contribution in [-0.4, -0.2) is 52.3 Å². The van der Waals surface area contributed by atoms with Crippen LogP contribution in [0.4, 0.5) is 5.82 Å². The molecule has 194 valence electrons. The molecule has 0 saturated carbocycles. The number of hydrogen-bond donors (Lipinski definition) is 1. The summed E-state index contributed by atoms with van der Waals surface area (Å²) in [5, 5.41) is 12.4. The molecule has 0 radical (unpaired) electrons. The zero-order valence-corrected chi connectivity index (χ0v) is 22.6. The number of aryl methyl sites for hydroxylation is 3. The zero-order valence-electron chi connectivity index (χ0n) is 22.6. The lowest BCUT2D eigenvalue weighted by Gasteiger charge is -2.35. The van der Waals surface area contributed by atoms with Gasteiger partial charge in [-0.25, -0.2) is 4.98 Å². The van der Waals surface area contributed by atoms with Crippen molar-refractivity contribution in [3.05, 3.63) is 58.4 Å². The normalized spacial score (nSPS) is 17.2. The van der Waals surface area contributed by atoms with Gasteiger partial charge in [-0.15, -0.1) is 0 Å². The molecule has 5 rings (SSSR count). The molecule has 1 atom stereocenters. The molecule has 0 amide bonds. The Balaban J connectivity index is 1.29. The van der Waals surface area contributed by atoms with Crippen molar-refractivity contribution in [3.63, 3.8) is 0 Å². The second-order valence-electron chi connectivity index (χ2n) is 11.0. The second-order valence-corrected chi connectivity index (χ2v) is 11.0. The minimum atomic E-state index is -0.343. The van der Waals surface area contributed by atoms with E-state index in [2.05, 4.69) is 64.4 Å². The number of anilines is 1. The third kappa shape index (κ3) is 5.33. The Morgan fingerprint density at radius 3 is 2.61 bits per heavy atom. The number of benzene rings is 1. The van der Waals surface area contributed by atoms with Crippen LogP contribution >= 0.6 is 0 Å². The highest BCUT2D eigenvalue weighted by Crippen LogP contribution is 2.36.